The Bertz CT molecular complexity index is 440. The average molecular weight is 218 g/mol. The Morgan fingerprint density at radius 3 is 2.69 bits per heavy atom. The van der Waals surface area contributed by atoms with E-state index in [1.165, 1.54) is 0 Å². The minimum Gasteiger partial charge on any atom is -0.444 e. The summed E-state index contributed by atoms with van der Waals surface area (Å²) in [4.78, 5) is 12.4. The lowest BCUT2D eigenvalue weighted by Crippen LogP contribution is -2.19. The van der Waals surface area contributed by atoms with E-state index in [0.29, 0.717) is 12.4 Å². The number of aryl methyl sites for hydroxylation is 1. The zero-order valence-electron chi connectivity index (χ0n) is 9.34. The number of oxazole rings is 1. The molecule has 2 heterocycles. The Hall–Kier alpha value is -1.75. The number of nitrogens with zero attached hydrogens (tertiary/aromatic N) is 3. The number of rotatable bonds is 4. The lowest BCUT2D eigenvalue weighted by atomic mass is 10.3. The van der Waals surface area contributed by atoms with Crippen LogP contribution in [-0.4, -0.2) is 15.0 Å². The molecule has 1 N–H and O–H groups in total. The molecule has 84 valence electrons. The Labute approximate surface area is 94.0 Å². The third-order valence-corrected chi connectivity index (χ3v) is 2.20. The largest absolute Gasteiger partial charge is 0.444 e. The van der Waals surface area contributed by atoms with Crippen LogP contribution in [-0.2, 0) is 6.54 Å². The highest BCUT2D eigenvalue weighted by Crippen LogP contribution is 2.11. The van der Waals surface area contributed by atoms with Gasteiger partial charge in [-0.25, -0.2) is 15.0 Å². The average Bonchev–Trinajstić information content (AvgIpc) is 2.74. The highest BCUT2D eigenvalue weighted by atomic mass is 16.4. The lowest BCUT2D eigenvalue weighted by molar-refractivity contribution is 0.400. The van der Waals surface area contributed by atoms with Crippen LogP contribution in [0.3, 0.4) is 0 Å². The molecule has 2 rings (SSSR count). The van der Waals surface area contributed by atoms with Crippen LogP contribution in [0, 0.1) is 6.92 Å². The summed E-state index contributed by atoms with van der Waals surface area (Å²) in [5.74, 6) is 2.27. The Kier molecular flexibility index (Phi) is 3.26. The number of nitrogens with one attached hydrogen (secondary N) is 1. The van der Waals surface area contributed by atoms with E-state index in [0.717, 1.165) is 11.6 Å². The molecule has 2 aromatic heterocycles. The van der Waals surface area contributed by atoms with Crippen molar-refractivity contribution in [2.24, 2.45) is 0 Å². The van der Waals surface area contributed by atoms with Gasteiger partial charge in [-0.2, -0.15) is 0 Å². The zero-order valence-corrected chi connectivity index (χ0v) is 9.34. The molecule has 16 heavy (non-hydrogen) atoms. The molecule has 5 nitrogen and oxygen atoms in total. The van der Waals surface area contributed by atoms with Crippen molar-refractivity contribution in [2.75, 3.05) is 0 Å². The van der Waals surface area contributed by atoms with E-state index in [2.05, 4.69) is 20.3 Å². The Morgan fingerprint density at radius 1 is 1.31 bits per heavy atom. The highest BCUT2D eigenvalue weighted by molar-refractivity contribution is 4.96. The fourth-order valence-corrected chi connectivity index (χ4v) is 1.33. The number of aromatic nitrogens is 3. The number of hydrogen-bond donors (Lipinski definition) is 1. The molecule has 0 aromatic carbocycles. The summed E-state index contributed by atoms with van der Waals surface area (Å²) < 4.78 is 5.42. The fraction of sp³-hybridized carbons (Fsp3) is 0.364. The summed E-state index contributed by atoms with van der Waals surface area (Å²) in [6.07, 6.45) is 5.17. The molecule has 1 atom stereocenters. The van der Waals surface area contributed by atoms with E-state index in [9.17, 15) is 0 Å². The molecule has 0 aliphatic carbocycles. The maximum atomic E-state index is 5.42. The SMILES string of the molecule is Cc1cnc(C(C)NCc2ncccn2)o1. The Balaban J connectivity index is 1.91. The van der Waals surface area contributed by atoms with Crippen molar-refractivity contribution in [2.45, 2.75) is 26.4 Å². The summed E-state index contributed by atoms with van der Waals surface area (Å²) in [5, 5.41) is 3.25. The van der Waals surface area contributed by atoms with E-state index in [-0.39, 0.29) is 6.04 Å². The molecule has 0 aliphatic heterocycles. The van der Waals surface area contributed by atoms with Gasteiger partial charge in [0.1, 0.15) is 11.6 Å². The van der Waals surface area contributed by atoms with Crippen LogP contribution in [0.5, 0.6) is 0 Å². The minimum atomic E-state index is 0.0532. The molecule has 0 spiro atoms. The molecular weight excluding hydrogens is 204 g/mol. The second-order valence-corrected chi connectivity index (χ2v) is 3.58. The van der Waals surface area contributed by atoms with Crippen LogP contribution >= 0.6 is 0 Å². The van der Waals surface area contributed by atoms with Crippen molar-refractivity contribution >= 4 is 0 Å². The summed E-state index contributed by atoms with van der Waals surface area (Å²) in [7, 11) is 0. The quantitative estimate of drug-likeness (QED) is 0.844. The summed E-state index contributed by atoms with van der Waals surface area (Å²) >= 11 is 0. The minimum absolute atomic E-state index is 0.0532. The highest BCUT2D eigenvalue weighted by Gasteiger charge is 2.10. The van der Waals surface area contributed by atoms with Crippen LogP contribution in [0.2, 0.25) is 0 Å². The maximum absolute atomic E-state index is 5.42. The van der Waals surface area contributed by atoms with Gasteiger partial charge in [0, 0.05) is 12.4 Å². The molecule has 0 bridgehead atoms. The number of hydrogen-bond acceptors (Lipinski definition) is 5. The fourth-order valence-electron chi connectivity index (χ4n) is 1.33. The van der Waals surface area contributed by atoms with Crippen LogP contribution < -0.4 is 5.32 Å². The van der Waals surface area contributed by atoms with Gasteiger partial charge in [0.05, 0.1) is 18.8 Å². The molecule has 0 fully saturated rings. The molecule has 0 aliphatic rings. The van der Waals surface area contributed by atoms with Crippen molar-refractivity contribution < 1.29 is 4.42 Å². The normalized spacial score (nSPS) is 12.6. The van der Waals surface area contributed by atoms with Crippen molar-refractivity contribution in [1.29, 1.82) is 0 Å². The van der Waals surface area contributed by atoms with Crippen molar-refractivity contribution in [3.63, 3.8) is 0 Å². The topological polar surface area (TPSA) is 63.8 Å². The van der Waals surface area contributed by atoms with Gasteiger partial charge in [0.25, 0.3) is 0 Å². The molecule has 1 unspecified atom stereocenters. The summed E-state index contributed by atoms with van der Waals surface area (Å²) in [6.45, 7) is 4.47. The third-order valence-electron chi connectivity index (χ3n) is 2.20. The first-order chi connectivity index (χ1) is 7.75. The monoisotopic (exact) mass is 218 g/mol. The predicted octanol–water partition coefficient (Wildman–Crippen LogP) is 1.62. The molecule has 5 heteroatoms. The molecule has 2 aromatic rings. The first-order valence-corrected chi connectivity index (χ1v) is 5.17. The summed E-state index contributed by atoms with van der Waals surface area (Å²) in [5.41, 5.74) is 0. The summed E-state index contributed by atoms with van der Waals surface area (Å²) in [6, 6.07) is 1.85. The van der Waals surface area contributed by atoms with Gasteiger partial charge in [0.15, 0.2) is 0 Å². The van der Waals surface area contributed by atoms with Crippen LogP contribution in [0.4, 0.5) is 0 Å². The molecular formula is C11H14N4O. The first-order valence-electron chi connectivity index (χ1n) is 5.17. The Morgan fingerprint density at radius 2 is 2.06 bits per heavy atom. The van der Waals surface area contributed by atoms with E-state index >= 15 is 0 Å². The third kappa shape index (κ3) is 2.64. The van der Waals surface area contributed by atoms with Crippen LogP contribution in [0.25, 0.3) is 0 Å². The predicted molar refractivity (Wildman–Crippen MR) is 58.5 cm³/mol. The van der Waals surface area contributed by atoms with Gasteiger partial charge < -0.3 is 4.42 Å². The van der Waals surface area contributed by atoms with Gasteiger partial charge >= 0.3 is 0 Å². The molecule has 0 saturated carbocycles. The van der Waals surface area contributed by atoms with Crippen molar-refractivity contribution in [1.82, 2.24) is 20.3 Å². The van der Waals surface area contributed by atoms with Gasteiger partial charge in [-0.3, -0.25) is 5.32 Å². The van der Waals surface area contributed by atoms with E-state index in [1.54, 1.807) is 24.7 Å². The van der Waals surface area contributed by atoms with E-state index in [4.69, 9.17) is 4.42 Å². The smallest absolute Gasteiger partial charge is 0.211 e. The van der Waals surface area contributed by atoms with Gasteiger partial charge in [-0.1, -0.05) is 0 Å². The van der Waals surface area contributed by atoms with Gasteiger partial charge in [-0.15, -0.1) is 0 Å². The van der Waals surface area contributed by atoms with Crippen molar-refractivity contribution in [3.8, 4) is 0 Å². The van der Waals surface area contributed by atoms with E-state index < -0.39 is 0 Å². The molecule has 0 saturated heterocycles. The van der Waals surface area contributed by atoms with Gasteiger partial charge in [0.2, 0.25) is 5.89 Å². The van der Waals surface area contributed by atoms with Crippen molar-refractivity contribution in [3.05, 3.63) is 42.1 Å². The van der Waals surface area contributed by atoms with E-state index in [1.807, 2.05) is 13.8 Å². The molecule has 0 radical (unpaired) electrons. The zero-order chi connectivity index (χ0) is 11.4. The maximum Gasteiger partial charge on any atom is 0.211 e. The van der Waals surface area contributed by atoms with Crippen LogP contribution in [0.15, 0.2) is 29.1 Å². The lowest BCUT2D eigenvalue weighted by Gasteiger charge is -2.08. The van der Waals surface area contributed by atoms with Crippen LogP contribution in [0.1, 0.15) is 30.4 Å². The standard InChI is InChI=1S/C11H14N4O/c1-8-6-15-11(16-8)9(2)14-7-10-12-4-3-5-13-10/h3-6,9,14H,7H2,1-2H3. The second kappa shape index (κ2) is 4.85. The second-order valence-electron chi connectivity index (χ2n) is 3.58. The molecule has 0 amide bonds. The first kappa shape index (κ1) is 10.8. The van der Waals surface area contributed by atoms with Gasteiger partial charge in [-0.05, 0) is 19.9 Å².